The van der Waals surface area contributed by atoms with Gasteiger partial charge >= 0.3 is 0 Å². The number of aliphatic hydroxyl groups excluding tert-OH is 1. The van der Waals surface area contributed by atoms with Crippen molar-refractivity contribution < 1.29 is 9.84 Å². The Kier molecular flexibility index (Phi) is 4.85. The molecule has 0 aromatic heterocycles. The molecule has 0 saturated carbocycles. The number of hydrogen-bond acceptors (Lipinski definition) is 3. The lowest BCUT2D eigenvalue weighted by Gasteiger charge is -2.40. The van der Waals surface area contributed by atoms with Crippen LogP contribution in [-0.2, 0) is 4.74 Å². The molecule has 14 heavy (non-hydrogen) atoms. The largest absolute Gasteiger partial charge is 0.393 e. The van der Waals surface area contributed by atoms with Gasteiger partial charge in [0, 0.05) is 19.7 Å². The lowest BCUT2D eigenvalue weighted by Crippen LogP contribution is -2.48. The summed E-state index contributed by atoms with van der Waals surface area (Å²) < 4.78 is 5.67. The second kappa shape index (κ2) is 5.69. The predicted octanol–water partition coefficient (Wildman–Crippen LogP) is 1.26. The Labute approximate surface area is 87.1 Å². The van der Waals surface area contributed by atoms with Crippen LogP contribution in [0.1, 0.15) is 33.1 Å². The van der Waals surface area contributed by atoms with Crippen molar-refractivity contribution >= 4 is 0 Å². The summed E-state index contributed by atoms with van der Waals surface area (Å²) in [5.74, 6) is 0. The number of aliphatic hydroxyl groups is 1. The molecule has 1 aliphatic heterocycles. The van der Waals surface area contributed by atoms with Crippen LogP contribution in [-0.4, -0.2) is 48.5 Å². The third kappa shape index (κ3) is 2.94. The van der Waals surface area contributed by atoms with Crippen LogP contribution in [0.3, 0.4) is 0 Å². The van der Waals surface area contributed by atoms with Crippen molar-refractivity contribution in [2.24, 2.45) is 0 Å². The summed E-state index contributed by atoms with van der Waals surface area (Å²) in [6.07, 6.45) is 3.15. The molecule has 1 fully saturated rings. The van der Waals surface area contributed by atoms with Gasteiger partial charge in [0.25, 0.3) is 0 Å². The first kappa shape index (κ1) is 12.0. The fourth-order valence-electron chi connectivity index (χ4n) is 2.15. The molecule has 3 heteroatoms. The summed E-state index contributed by atoms with van der Waals surface area (Å²) in [6, 6.07) is 0. The van der Waals surface area contributed by atoms with Crippen molar-refractivity contribution in [3.63, 3.8) is 0 Å². The summed E-state index contributed by atoms with van der Waals surface area (Å²) in [5, 5.41) is 9.35. The van der Waals surface area contributed by atoms with E-state index in [1.165, 1.54) is 13.0 Å². The molecule has 1 N–H and O–H groups in total. The topological polar surface area (TPSA) is 32.7 Å². The molecule has 0 atom stereocenters. The van der Waals surface area contributed by atoms with Crippen LogP contribution >= 0.6 is 0 Å². The van der Waals surface area contributed by atoms with E-state index in [0.717, 1.165) is 25.9 Å². The Bertz CT molecular complexity index is 153. The zero-order valence-electron chi connectivity index (χ0n) is 9.46. The minimum atomic E-state index is -0.237. The highest BCUT2D eigenvalue weighted by molar-refractivity contribution is 4.87. The maximum Gasteiger partial charge on any atom is 0.0936 e. The van der Waals surface area contributed by atoms with Crippen molar-refractivity contribution in [1.82, 2.24) is 4.90 Å². The summed E-state index contributed by atoms with van der Waals surface area (Å²) in [6.45, 7) is 8.37. The molecule has 0 aliphatic carbocycles. The van der Waals surface area contributed by atoms with Gasteiger partial charge in [-0.2, -0.15) is 0 Å². The van der Waals surface area contributed by atoms with Gasteiger partial charge in [0.05, 0.1) is 12.2 Å². The lowest BCUT2D eigenvalue weighted by molar-refractivity contribution is -0.108. The second-order valence-electron chi connectivity index (χ2n) is 4.12. The van der Waals surface area contributed by atoms with Gasteiger partial charge in [0.2, 0.25) is 0 Å². The third-order valence-electron chi connectivity index (χ3n) is 3.05. The quantitative estimate of drug-likeness (QED) is 0.727. The molecule has 0 unspecified atom stereocenters. The van der Waals surface area contributed by atoms with Crippen LogP contribution in [0.5, 0.6) is 0 Å². The monoisotopic (exact) mass is 201 g/mol. The molecule has 1 aliphatic rings. The summed E-state index contributed by atoms with van der Waals surface area (Å²) in [4.78, 5) is 2.45. The van der Waals surface area contributed by atoms with Crippen molar-refractivity contribution in [3.8, 4) is 0 Å². The summed E-state index contributed by atoms with van der Waals surface area (Å²) in [7, 11) is 0. The average Bonchev–Trinajstić information content (AvgIpc) is 2.22. The molecule has 0 amide bonds. The Hall–Kier alpha value is -0.120. The molecule has 0 spiro atoms. The standard InChI is InChI=1S/C11H23NO2/c1-3-7-12-8-5-11(10-13,6-9-12)14-4-2/h13H,3-10H2,1-2H3. The van der Waals surface area contributed by atoms with Crippen LogP contribution in [0.15, 0.2) is 0 Å². The minimum Gasteiger partial charge on any atom is -0.393 e. The summed E-state index contributed by atoms with van der Waals surface area (Å²) in [5.41, 5.74) is -0.237. The number of nitrogens with zero attached hydrogens (tertiary/aromatic N) is 1. The first-order chi connectivity index (χ1) is 6.76. The molecule has 3 nitrogen and oxygen atoms in total. The third-order valence-corrected chi connectivity index (χ3v) is 3.05. The van der Waals surface area contributed by atoms with E-state index in [9.17, 15) is 5.11 Å². The van der Waals surface area contributed by atoms with Crippen LogP contribution < -0.4 is 0 Å². The Morgan fingerprint density at radius 2 is 1.93 bits per heavy atom. The molecule has 84 valence electrons. The number of likely N-dealkylation sites (tertiary alicyclic amines) is 1. The average molecular weight is 201 g/mol. The molecular weight excluding hydrogens is 178 g/mol. The molecule has 0 aromatic rings. The van der Waals surface area contributed by atoms with Crippen LogP contribution in [0.2, 0.25) is 0 Å². The van der Waals surface area contributed by atoms with E-state index in [1.54, 1.807) is 0 Å². The predicted molar refractivity (Wildman–Crippen MR) is 57.4 cm³/mol. The van der Waals surface area contributed by atoms with Crippen molar-refractivity contribution in [1.29, 1.82) is 0 Å². The molecule has 0 bridgehead atoms. The van der Waals surface area contributed by atoms with Gasteiger partial charge in [0.15, 0.2) is 0 Å². The Balaban J connectivity index is 2.38. The Morgan fingerprint density at radius 1 is 1.29 bits per heavy atom. The van der Waals surface area contributed by atoms with Gasteiger partial charge in [-0.3, -0.25) is 0 Å². The number of hydrogen-bond donors (Lipinski definition) is 1. The molecule has 1 heterocycles. The van der Waals surface area contributed by atoms with Gasteiger partial charge in [-0.25, -0.2) is 0 Å². The summed E-state index contributed by atoms with van der Waals surface area (Å²) >= 11 is 0. The maximum atomic E-state index is 9.35. The van der Waals surface area contributed by atoms with E-state index in [2.05, 4.69) is 11.8 Å². The molecular formula is C11H23NO2. The van der Waals surface area contributed by atoms with Crippen LogP contribution in [0, 0.1) is 0 Å². The van der Waals surface area contributed by atoms with Crippen molar-refractivity contribution in [3.05, 3.63) is 0 Å². The highest BCUT2D eigenvalue weighted by Gasteiger charge is 2.34. The highest BCUT2D eigenvalue weighted by atomic mass is 16.5. The fourth-order valence-corrected chi connectivity index (χ4v) is 2.15. The van der Waals surface area contributed by atoms with Gasteiger partial charge < -0.3 is 14.7 Å². The fraction of sp³-hybridized carbons (Fsp3) is 1.00. The first-order valence-electron chi connectivity index (χ1n) is 5.73. The smallest absolute Gasteiger partial charge is 0.0936 e. The van der Waals surface area contributed by atoms with Gasteiger partial charge in [-0.05, 0) is 32.7 Å². The minimum absolute atomic E-state index is 0.167. The van der Waals surface area contributed by atoms with E-state index < -0.39 is 0 Å². The molecule has 0 aromatic carbocycles. The zero-order valence-corrected chi connectivity index (χ0v) is 9.46. The molecule has 0 radical (unpaired) electrons. The molecule has 1 rings (SSSR count). The van der Waals surface area contributed by atoms with E-state index in [0.29, 0.717) is 6.61 Å². The number of ether oxygens (including phenoxy) is 1. The van der Waals surface area contributed by atoms with Gasteiger partial charge in [-0.15, -0.1) is 0 Å². The number of piperidine rings is 1. The number of rotatable bonds is 5. The van der Waals surface area contributed by atoms with Crippen molar-refractivity contribution in [2.45, 2.75) is 38.7 Å². The Morgan fingerprint density at radius 3 is 2.36 bits per heavy atom. The maximum absolute atomic E-state index is 9.35. The van der Waals surface area contributed by atoms with E-state index in [4.69, 9.17) is 4.74 Å². The normalized spacial score (nSPS) is 22.5. The molecule has 1 saturated heterocycles. The zero-order chi connectivity index (χ0) is 10.4. The lowest BCUT2D eigenvalue weighted by atomic mass is 9.92. The van der Waals surface area contributed by atoms with Gasteiger partial charge in [-0.1, -0.05) is 6.92 Å². The van der Waals surface area contributed by atoms with Gasteiger partial charge in [0.1, 0.15) is 0 Å². The second-order valence-corrected chi connectivity index (χ2v) is 4.12. The highest BCUT2D eigenvalue weighted by Crippen LogP contribution is 2.25. The SMILES string of the molecule is CCCN1CCC(CO)(OCC)CC1. The first-order valence-corrected chi connectivity index (χ1v) is 5.73. The van der Waals surface area contributed by atoms with Crippen molar-refractivity contribution in [2.75, 3.05) is 32.8 Å². The van der Waals surface area contributed by atoms with E-state index in [1.807, 2.05) is 6.92 Å². The van der Waals surface area contributed by atoms with E-state index in [-0.39, 0.29) is 12.2 Å². The van der Waals surface area contributed by atoms with Crippen LogP contribution in [0.25, 0.3) is 0 Å². The van der Waals surface area contributed by atoms with Crippen LogP contribution in [0.4, 0.5) is 0 Å². The van der Waals surface area contributed by atoms with E-state index >= 15 is 0 Å².